The van der Waals surface area contributed by atoms with Crippen LogP contribution in [0.1, 0.15) is 26.2 Å². The standard InChI is InChI=1S/C9H15Si.C5H5.Ni/c1-4-8-6-5-7-9(8)10(2)3;1-2-4-5-3-1;/h6,10H,4-5H2,1-3H3;1-3H,4H2;/q2*-1;+2. The van der Waals surface area contributed by atoms with Crippen LogP contribution in [0.2, 0.25) is 13.1 Å². The average molecular weight is 275 g/mol. The van der Waals surface area contributed by atoms with E-state index in [1.807, 2.05) is 12.2 Å². The molecule has 2 aliphatic carbocycles. The van der Waals surface area contributed by atoms with E-state index in [0.717, 1.165) is 12.8 Å². The second kappa shape index (κ2) is 8.78. The summed E-state index contributed by atoms with van der Waals surface area (Å²) >= 11 is 0. The van der Waals surface area contributed by atoms with Crippen molar-refractivity contribution in [1.82, 2.24) is 0 Å². The first-order chi connectivity index (χ1) is 7.25. The molecule has 0 N–H and O–H groups in total. The smallest absolute Gasteiger partial charge is 0.274 e. The molecular weight excluding hydrogens is 255 g/mol. The van der Waals surface area contributed by atoms with Gasteiger partial charge in [-0.3, -0.25) is 12.2 Å². The minimum atomic E-state index is -0.561. The zero-order valence-corrected chi connectivity index (χ0v) is 12.5. The summed E-state index contributed by atoms with van der Waals surface area (Å²) in [5.41, 5.74) is 1.57. The first kappa shape index (κ1) is 15.7. The monoisotopic (exact) mass is 274 g/mol. The molecule has 0 aliphatic heterocycles. The van der Waals surface area contributed by atoms with Gasteiger partial charge in [0.2, 0.25) is 0 Å². The quantitative estimate of drug-likeness (QED) is 0.531. The Bertz CT molecular complexity index is 299. The summed E-state index contributed by atoms with van der Waals surface area (Å²) in [6, 6.07) is 0. The number of allylic oxidation sites excluding steroid dienone is 8. The molecule has 0 radical (unpaired) electrons. The van der Waals surface area contributed by atoms with Crippen LogP contribution in [-0.2, 0) is 16.5 Å². The number of rotatable bonds is 2. The molecule has 0 heterocycles. The predicted octanol–water partition coefficient (Wildman–Crippen LogP) is 3.79. The topological polar surface area (TPSA) is 0 Å². The Morgan fingerprint density at radius 2 is 2.06 bits per heavy atom. The largest absolute Gasteiger partial charge is 2.00 e. The summed E-state index contributed by atoms with van der Waals surface area (Å²) in [6.07, 6.45) is 18.0. The van der Waals surface area contributed by atoms with Gasteiger partial charge in [0.15, 0.2) is 0 Å². The van der Waals surface area contributed by atoms with Crippen LogP contribution in [0.25, 0.3) is 0 Å². The Morgan fingerprint density at radius 1 is 1.31 bits per heavy atom. The molecular formula is C14H20NiSi. The van der Waals surface area contributed by atoms with Gasteiger partial charge in [0.05, 0.1) is 0 Å². The number of hydrogen-bond donors (Lipinski definition) is 0. The molecule has 0 saturated heterocycles. The Labute approximate surface area is 112 Å². The molecule has 2 rings (SSSR count). The third kappa shape index (κ3) is 5.14. The van der Waals surface area contributed by atoms with Gasteiger partial charge < -0.3 is 0 Å². The van der Waals surface area contributed by atoms with Crippen LogP contribution in [0.5, 0.6) is 0 Å². The SMILES string of the molecule is CCC1=CC[C-]=C1[SiH](C)C.[C-]1=CC=CC1.[Ni+2]. The molecule has 0 atom stereocenters. The summed E-state index contributed by atoms with van der Waals surface area (Å²) in [6.45, 7) is 6.98. The molecule has 0 unspecified atom stereocenters. The van der Waals surface area contributed by atoms with Crippen molar-refractivity contribution in [3.05, 3.63) is 47.2 Å². The van der Waals surface area contributed by atoms with E-state index in [1.54, 1.807) is 10.8 Å². The Kier molecular flexibility index (Phi) is 8.60. The fraction of sp³-hybridized carbons (Fsp3) is 0.429. The molecule has 90 valence electrons. The maximum absolute atomic E-state index is 3.44. The Morgan fingerprint density at radius 3 is 2.38 bits per heavy atom. The summed E-state index contributed by atoms with van der Waals surface area (Å²) in [5, 5.41) is 1.59. The second-order valence-corrected chi connectivity index (χ2v) is 6.92. The molecule has 0 nitrogen and oxygen atoms in total. The van der Waals surface area contributed by atoms with Gasteiger partial charge in [-0.15, -0.1) is 12.8 Å². The molecule has 0 spiro atoms. The average Bonchev–Trinajstić information content (AvgIpc) is 2.92. The van der Waals surface area contributed by atoms with E-state index < -0.39 is 8.80 Å². The molecule has 0 amide bonds. The van der Waals surface area contributed by atoms with Crippen molar-refractivity contribution in [2.75, 3.05) is 0 Å². The summed E-state index contributed by atoms with van der Waals surface area (Å²) < 4.78 is 0. The van der Waals surface area contributed by atoms with Crippen LogP contribution in [0.3, 0.4) is 0 Å². The van der Waals surface area contributed by atoms with E-state index >= 15 is 0 Å². The summed E-state index contributed by atoms with van der Waals surface area (Å²) in [5.74, 6) is 0. The van der Waals surface area contributed by atoms with Crippen LogP contribution in [-0.4, -0.2) is 8.80 Å². The van der Waals surface area contributed by atoms with Gasteiger partial charge in [0, 0.05) is 8.80 Å². The van der Waals surface area contributed by atoms with Crippen LogP contribution in [0, 0.1) is 12.2 Å². The van der Waals surface area contributed by atoms with Crippen molar-refractivity contribution >= 4 is 8.80 Å². The fourth-order valence-electron chi connectivity index (χ4n) is 1.76. The molecule has 0 aromatic heterocycles. The van der Waals surface area contributed by atoms with Gasteiger partial charge in [-0.05, 0) is 0 Å². The van der Waals surface area contributed by atoms with Crippen molar-refractivity contribution in [1.29, 1.82) is 0 Å². The van der Waals surface area contributed by atoms with Gasteiger partial charge in [-0.25, -0.2) is 22.9 Å². The Hall–Kier alpha value is -0.330. The first-order valence-electron chi connectivity index (χ1n) is 5.77. The molecule has 0 bridgehead atoms. The second-order valence-electron chi connectivity index (χ2n) is 4.04. The normalized spacial score (nSPS) is 16.5. The van der Waals surface area contributed by atoms with Crippen molar-refractivity contribution in [2.24, 2.45) is 0 Å². The molecule has 0 aromatic carbocycles. The maximum Gasteiger partial charge on any atom is 2.00 e. The van der Waals surface area contributed by atoms with Crippen LogP contribution in [0.15, 0.2) is 35.1 Å². The fourth-order valence-corrected chi connectivity index (χ4v) is 3.35. The molecule has 0 fully saturated rings. The van der Waals surface area contributed by atoms with E-state index in [9.17, 15) is 0 Å². The van der Waals surface area contributed by atoms with Gasteiger partial charge in [-0.1, -0.05) is 26.4 Å². The summed E-state index contributed by atoms with van der Waals surface area (Å²) in [7, 11) is -0.561. The third-order valence-electron chi connectivity index (χ3n) is 2.53. The van der Waals surface area contributed by atoms with Crippen molar-refractivity contribution in [3.8, 4) is 0 Å². The summed E-state index contributed by atoms with van der Waals surface area (Å²) in [4.78, 5) is 0. The van der Waals surface area contributed by atoms with Gasteiger partial charge in [0.25, 0.3) is 0 Å². The van der Waals surface area contributed by atoms with Gasteiger partial charge in [-0.2, -0.15) is 12.2 Å². The predicted molar refractivity (Wildman–Crippen MR) is 70.2 cm³/mol. The Balaban J connectivity index is 0.000000318. The van der Waals surface area contributed by atoms with E-state index in [-0.39, 0.29) is 16.5 Å². The number of hydrogen-bond acceptors (Lipinski definition) is 0. The van der Waals surface area contributed by atoms with E-state index in [1.165, 1.54) is 6.42 Å². The van der Waals surface area contributed by atoms with Gasteiger partial charge in [0.1, 0.15) is 0 Å². The van der Waals surface area contributed by atoms with Crippen LogP contribution < -0.4 is 0 Å². The van der Waals surface area contributed by atoms with Crippen molar-refractivity contribution in [3.63, 3.8) is 0 Å². The van der Waals surface area contributed by atoms with Crippen molar-refractivity contribution in [2.45, 2.75) is 39.3 Å². The molecule has 2 heteroatoms. The van der Waals surface area contributed by atoms with E-state index in [4.69, 9.17) is 0 Å². The first-order valence-corrected chi connectivity index (χ1v) is 8.66. The molecule has 2 aliphatic rings. The maximum atomic E-state index is 3.44. The minimum absolute atomic E-state index is 0. The molecule has 0 saturated carbocycles. The van der Waals surface area contributed by atoms with E-state index in [2.05, 4.69) is 44.3 Å². The third-order valence-corrected chi connectivity index (χ3v) is 4.26. The minimum Gasteiger partial charge on any atom is -0.274 e. The molecule has 16 heavy (non-hydrogen) atoms. The van der Waals surface area contributed by atoms with Crippen LogP contribution >= 0.6 is 0 Å². The molecule has 0 aromatic rings. The zero-order chi connectivity index (χ0) is 11.1. The van der Waals surface area contributed by atoms with E-state index in [0.29, 0.717) is 0 Å². The van der Waals surface area contributed by atoms with Crippen molar-refractivity contribution < 1.29 is 16.5 Å². The van der Waals surface area contributed by atoms with Gasteiger partial charge >= 0.3 is 16.5 Å². The zero-order valence-electron chi connectivity index (χ0n) is 10.3. The van der Waals surface area contributed by atoms with Crippen LogP contribution in [0.4, 0.5) is 0 Å².